The fraction of sp³-hybridized carbons (Fsp3) is 0.412. The molecule has 4 heteroatoms. The normalized spacial score (nSPS) is 20.0. The molecule has 0 aliphatic heterocycles. The third-order valence-corrected chi connectivity index (χ3v) is 4.93. The second kappa shape index (κ2) is 4.45. The molecular formula is C17H18N2O2. The van der Waals surface area contributed by atoms with Crippen molar-refractivity contribution in [1.29, 1.82) is 0 Å². The molecule has 2 fully saturated rings. The maximum atomic E-state index is 11.7. The molecule has 1 aromatic carbocycles. The van der Waals surface area contributed by atoms with Crippen molar-refractivity contribution >= 4 is 5.97 Å². The van der Waals surface area contributed by atoms with Gasteiger partial charge in [0.05, 0.1) is 11.1 Å². The summed E-state index contributed by atoms with van der Waals surface area (Å²) in [6.07, 6.45) is 6.75. The molecule has 2 aliphatic carbocycles. The highest BCUT2D eigenvalue weighted by Gasteiger charge is 2.46. The molecule has 0 radical (unpaired) electrons. The van der Waals surface area contributed by atoms with Gasteiger partial charge in [-0.1, -0.05) is 18.6 Å². The molecule has 2 saturated carbocycles. The van der Waals surface area contributed by atoms with Crippen LogP contribution in [0.2, 0.25) is 0 Å². The Morgan fingerprint density at radius 2 is 2.10 bits per heavy atom. The van der Waals surface area contributed by atoms with Crippen LogP contribution in [0.15, 0.2) is 36.5 Å². The minimum atomic E-state index is -0.700. The van der Waals surface area contributed by atoms with E-state index >= 15 is 0 Å². The van der Waals surface area contributed by atoms with Crippen LogP contribution < -0.4 is 0 Å². The van der Waals surface area contributed by atoms with Crippen LogP contribution in [-0.2, 0) is 10.2 Å². The van der Waals surface area contributed by atoms with Gasteiger partial charge in [-0.15, -0.1) is 0 Å². The molecule has 21 heavy (non-hydrogen) atoms. The summed E-state index contributed by atoms with van der Waals surface area (Å²) < 4.78 is 1.97. The van der Waals surface area contributed by atoms with E-state index in [1.54, 1.807) is 0 Å². The minimum Gasteiger partial charge on any atom is -0.481 e. The molecule has 2 aromatic rings. The van der Waals surface area contributed by atoms with E-state index in [-0.39, 0.29) is 0 Å². The number of aliphatic carboxylic acids is 1. The number of rotatable bonds is 4. The molecule has 0 saturated heterocycles. The van der Waals surface area contributed by atoms with E-state index in [1.165, 1.54) is 18.5 Å². The first-order valence-corrected chi connectivity index (χ1v) is 7.59. The van der Waals surface area contributed by atoms with Gasteiger partial charge in [0.1, 0.15) is 0 Å². The average Bonchev–Trinajstić information content (AvgIpc) is 3.15. The standard InChI is InChI=1S/C17H18N2O2/c20-16(21)17(8-2-9-17)13-3-1-4-14(11-13)19-15(7-10-18-19)12-5-6-12/h1,3-4,7,10-12H,2,5-6,8-9H2,(H,20,21). The van der Waals surface area contributed by atoms with E-state index in [0.29, 0.717) is 5.92 Å². The van der Waals surface area contributed by atoms with Crippen molar-refractivity contribution in [3.05, 3.63) is 47.8 Å². The first-order chi connectivity index (χ1) is 10.2. The lowest BCUT2D eigenvalue weighted by atomic mass is 9.64. The maximum Gasteiger partial charge on any atom is 0.314 e. The number of hydrogen-bond acceptors (Lipinski definition) is 2. The number of hydrogen-bond donors (Lipinski definition) is 1. The van der Waals surface area contributed by atoms with Crippen molar-refractivity contribution in [2.45, 2.75) is 43.4 Å². The quantitative estimate of drug-likeness (QED) is 0.936. The minimum absolute atomic E-state index is 0.619. The van der Waals surface area contributed by atoms with Gasteiger partial charge in [-0.2, -0.15) is 5.10 Å². The van der Waals surface area contributed by atoms with E-state index in [2.05, 4.69) is 11.2 Å². The van der Waals surface area contributed by atoms with Crippen LogP contribution in [0.4, 0.5) is 0 Å². The predicted molar refractivity (Wildman–Crippen MR) is 78.7 cm³/mol. The van der Waals surface area contributed by atoms with Crippen LogP contribution in [0.5, 0.6) is 0 Å². The van der Waals surface area contributed by atoms with Crippen molar-refractivity contribution in [2.24, 2.45) is 0 Å². The molecule has 108 valence electrons. The van der Waals surface area contributed by atoms with E-state index < -0.39 is 11.4 Å². The fourth-order valence-electron chi connectivity index (χ4n) is 3.31. The van der Waals surface area contributed by atoms with Crippen LogP contribution in [0.1, 0.15) is 49.3 Å². The summed E-state index contributed by atoms with van der Waals surface area (Å²) in [5.41, 5.74) is 2.45. The Hall–Kier alpha value is -2.10. The van der Waals surface area contributed by atoms with Gasteiger partial charge in [0.15, 0.2) is 0 Å². The van der Waals surface area contributed by atoms with Gasteiger partial charge < -0.3 is 5.11 Å². The van der Waals surface area contributed by atoms with Gasteiger partial charge in [-0.3, -0.25) is 4.79 Å². The third kappa shape index (κ3) is 1.89. The average molecular weight is 282 g/mol. The number of nitrogens with zero attached hydrogens (tertiary/aromatic N) is 2. The van der Waals surface area contributed by atoms with Crippen molar-refractivity contribution in [1.82, 2.24) is 9.78 Å². The van der Waals surface area contributed by atoms with Crippen molar-refractivity contribution in [3.63, 3.8) is 0 Å². The highest BCUT2D eigenvalue weighted by atomic mass is 16.4. The molecule has 0 spiro atoms. The van der Waals surface area contributed by atoms with Gasteiger partial charge in [-0.05, 0) is 49.4 Å². The van der Waals surface area contributed by atoms with Gasteiger partial charge in [0, 0.05) is 17.8 Å². The van der Waals surface area contributed by atoms with Crippen LogP contribution in [-0.4, -0.2) is 20.9 Å². The summed E-state index contributed by atoms with van der Waals surface area (Å²) in [5, 5.41) is 14.0. The van der Waals surface area contributed by atoms with E-state index in [4.69, 9.17) is 0 Å². The van der Waals surface area contributed by atoms with Crippen molar-refractivity contribution in [3.8, 4) is 5.69 Å². The molecule has 1 heterocycles. The molecule has 0 bridgehead atoms. The number of carboxylic acid groups (broad SMARTS) is 1. The van der Waals surface area contributed by atoms with Crippen LogP contribution in [0, 0.1) is 0 Å². The zero-order chi connectivity index (χ0) is 14.4. The number of aromatic nitrogens is 2. The lowest BCUT2D eigenvalue weighted by molar-refractivity contribution is -0.147. The second-order valence-corrected chi connectivity index (χ2v) is 6.23. The molecule has 1 aromatic heterocycles. The number of carboxylic acids is 1. The van der Waals surface area contributed by atoms with Gasteiger partial charge in [0.2, 0.25) is 0 Å². The van der Waals surface area contributed by atoms with Crippen molar-refractivity contribution in [2.75, 3.05) is 0 Å². The lowest BCUT2D eigenvalue weighted by Gasteiger charge is -2.38. The largest absolute Gasteiger partial charge is 0.481 e. The van der Waals surface area contributed by atoms with Gasteiger partial charge in [0.25, 0.3) is 0 Å². The Labute approximate surface area is 123 Å². The summed E-state index contributed by atoms with van der Waals surface area (Å²) >= 11 is 0. The zero-order valence-electron chi connectivity index (χ0n) is 11.8. The Morgan fingerprint density at radius 3 is 2.71 bits per heavy atom. The van der Waals surface area contributed by atoms with Crippen molar-refractivity contribution < 1.29 is 9.90 Å². The lowest BCUT2D eigenvalue weighted by Crippen LogP contribution is -2.42. The van der Waals surface area contributed by atoms with E-state index in [0.717, 1.165) is 30.5 Å². The molecule has 0 unspecified atom stereocenters. The third-order valence-electron chi connectivity index (χ3n) is 4.93. The van der Waals surface area contributed by atoms with Crippen LogP contribution >= 0.6 is 0 Å². The van der Waals surface area contributed by atoms with E-state index in [9.17, 15) is 9.90 Å². The van der Waals surface area contributed by atoms with Crippen LogP contribution in [0.3, 0.4) is 0 Å². The molecule has 4 nitrogen and oxygen atoms in total. The Bertz CT molecular complexity index is 696. The predicted octanol–water partition coefficient (Wildman–Crippen LogP) is 3.26. The summed E-state index contributed by atoms with van der Waals surface area (Å²) in [6, 6.07) is 9.98. The summed E-state index contributed by atoms with van der Waals surface area (Å²) in [4.78, 5) is 11.7. The molecule has 0 amide bonds. The molecular weight excluding hydrogens is 264 g/mol. The Kier molecular flexibility index (Phi) is 2.67. The monoisotopic (exact) mass is 282 g/mol. The maximum absolute atomic E-state index is 11.7. The molecule has 2 aliphatic rings. The number of benzene rings is 1. The highest BCUT2D eigenvalue weighted by molar-refractivity contribution is 5.82. The fourth-order valence-corrected chi connectivity index (χ4v) is 3.31. The Balaban J connectivity index is 1.76. The molecule has 1 N–H and O–H groups in total. The van der Waals surface area contributed by atoms with Crippen LogP contribution in [0.25, 0.3) is 5.69 Å². The van der Waals surface area contributed by atoms with E-state index in [1.807, 2.05) is 35.1 Å². The first kappa shape index (κ1) is 12.6. The SMILES string of the molecule is O=C(O)C1(c2cccc(-n3nccc3C3CC3)c2)CCC1. The first-order valence-electron chi connectivity index (χ1n) is 7.59. The summed E-state index contributed by atoms with van der Waals surface area (Å²) in [5.74, 6) is -0.0814. The topological polar surface area (TPSA) is 55.1 Å². The summed E-state index contributed by atoms with van der Waals surface area (Å²) in [6.45, 7) is 0. The number of carbonyl (C=O) groups is 1. The Morgan fingerprint density at radius 1 is 1.29 bits per heavy atom. The highest BCUT2D eigenvalue weighted by Crippen LogP contribution is 2.45. The smallest absolute Gasteiger partial charge is 0.314 e. The van der Waals surface area contributed by atoms with Gasteiger partial charge in [-0.25, -0.2) is 4.68 Å². The summed E-state index contributed by atoms with van der Waals surface area (Å²) in [7, 11) is 0. The van der Waals surface area contributed by atoms with Gasteiger partial charge >= 0.3 is 5.97 Å². The zero-order valence-corrected chi connectivity index (χ0v) is 11.8. The second-order valence-electron chi connectivity index (χ2n) is 6.23. The molecule has 4 rings (SSSR count). The molecule has 0 atom stereocenters.